The van der Waals surface area contributed by atoms with Gasteiger partial charge in [-0.05, 0) is 11.6 Å². The van der Waals surface area contributed by atoms with Gasteiger partial charge in [-0.25, -0.2) is 0 Å². The highest BCUT2D eigenvalue weighted by atomic mass is 35.5. The Hall–Kier alpha value is -0.790. The van der Waals surface area contributed by atoms with E-state index in [-0.39, 0.29) is 0 Å². The standard InChI is InChI=1S/C10H11ClO/c11-7-4-8-12-9-10-5-2-1-3-6-10/h1-7H,8-9H2/b7-4+. The lowest BCUT2D eigenvalue weighted by molar-refractivity contribution is 0.149. The molecule has 0 fully saturated rings. The zero-order valence-corrected chi connectivity index (χ0v) is 7.50. The number of rotatable bonds is 4. The van der Waals surface area contributed by atoms with Crippen molar-refractivity contribution in [2.75, 3.05) is 6.61 Å². The molecule has 0 amide bonds. The zero-order valence-electron chi connectivity index (χ0n) is 6.74. The summed E-state index contributed by atoms with van der Waals surface area (Å²) in [4.78, 5) is 0. The summed E-state index contributed by atoms with van der Waals surface area (Å²) in [5.74, 6) is 0. The molecule has 0 saturated heterocycles. The molecular weight excluding hydrogens is 172 g/mol. The Balaban J connectivity index is 2.24. The summed E-state index contributed by atoms with van der Waals surface area (Å²) in [6, 6.07) is 10.0. The van der Waals surface area contributed by atoms with E-state index in [9.17, 15) is 0 Å². The van der Waals surface area contributed by atoms with Gasteiger partial charge in [0.1, 0.15) is 0 Å². The van der Waals surface area contributed by atoms with Crippen LogP contribution in [0.25, 0.3) is 0 Å². The Labute approximate surface area is 77.6 Å². The summed E-state index contributed by atoms with van der Waals surface area (Å²) in [5, 5.41) is 0. The maximum Gasteiger partial charge on any atom is 0.0721 e. The van der Waals surface area contributed by atoms with Crippen LogP contribution in [0.2, 0.25) is 0 Å². The average molecular weight is 183 g/mol. The number of benzene rings is 1. The second-order valence-electron chi connectivity index (χ2n) is 2.36. The molecule has 1 aromatic rings. The molecule has 0 bridgehead atoms. The van der Waals surface area contributed by atoms with E-state index in [1.807, 2.05) is 30.3 Å². The van der Waals surface area contributed by atoms with Gasteiger partial charge in [-0.15, -0.1) is 0 Å². The van der Waals surface area contributed by atoms with Crippen molar-refractivity contribution < 1.29 is 4.74 Å². The summed E-state index contributed by atoms with van der Waals surface area (Å²) >= 11 is 5.32. The molecule has 0 saturated carbocycles. The molecule has 0 radical (unpaired) electrons. The Bertz CT molecular complexity index is 231. The minimum absolute atomic E-state index is 0.568. The summed E-state index contributed by atoms with van der Waals surface area (Å²) in [5.41, 5.74) is 2.64. The fourth-order valence-corrected chi connectivity index (χ4v) is 0.928. The number of hydrogen-bond acceptors (Lipinski definition) is 1. The predicted molar refractivity (Wildman–Crippen MR) is 51.1 cm³/mol. The molecular formula is C10H11ClO. The lowest BCUT2D eigenvalue weighted by Crippen LogP contribution is -1.91. The largest absolute Gasteiger partial charge is 0.373 e. The third-order valence-electron chi connectivity index (χ3n) is 1.41. The quantitative estimate of drug-likeness (QED) is 0.651. The summed E-state index contributed by atoms with van der Waals surface area (Å²) in [6.07, 6.45) is 1.77. The van der Waals surface area contributed by atoms with E-state index in [1.165, 1.54) is 11.1 Å². The van der Waals surface area contributed by atoms with Crippen molar-refractivity contribution in [1.82, 2.24) is 0 Å². The molecule has 1 aromatic carbocycles. The molecule has 0 aliphatic rings. The molecule has 0 aliphatic heterocycles. The van der Waals surface area contributed by atoms with Crippen LogP contribution >= 0.6 is 11.6 Å². The molecule has 0 atom stereocenters. The molecule has 1 rings (SSSR count). The second-order valence-corrected chi connectivity index (χ2v) is 2.61. The van der Waals surface area contributed by atoms with Crippen LogP contribution < -0.4 is 0 Å². The number of ether oxygens (including phenoxy) is 1. The van der Waals surface area contributed by atoms with E-state index in [0.717, 1.165) is 0 Å². The van der Waals surface area contributed by atoms with E-state index in [2.05, 4.69) is 0 Å². The molecule has 64 valence electrons. The Morgan fingerprint density at radius 1 is 1.25 bits per heavy atom. The molecule has 0 heterocycles. The van der Waals surface area contributed by atoms with Crippen LogP contribution in [0.4, 0.5) is 0 Å². The molecule has 12 heavy (non-hydrogen) atoms. The molecule has 1 nitrogen and oxygen atoms in total. The maximum absolute atomic E-state index is 5.32. The van der Waals surface area contributed by atoms with Crippen molar-refractivity contribution >= 4 is 11.6 Å². The zero-order chi connectivity index (χ0) is 8.65. The first-order valence-electron chi connectivity index (χ1n) is 3.80. The first-order valence-corrected chi connectivity index (χ1v) is 4.24. The summed E-state index contributed by atoms with van der Waals surface area (Å²) < 4.78 is 5.29. The molecule has 0 unspecified atom stereocenters. The van der Waals surface area contributed by atoms with Gasteiger partial charge < -0.3 is 4.74 Å². The van der Waals surface area contributed by atoms with E-state index < -0.39 is 0 Å². The Kier molecular flexibility index (Phi) is 4.50. The van der Waals surface area contributed by atoms with Gasteiger partial charge in [-0.2, -0.15) is 0 Å². The van der Waals surface area contributed by atoms with E-state index >= 15 is 0 Å². The van der Waals surface area contributed by atoms with Crippen LogP contribution in [0.1, 0.15) is 5.56 Å². The fraction of sp³-hybridized carbons (Fsp3) is 0.200. The highest BCUT2D eigenvalue weighted by molar-refractivity contribution is 6.25. The first-order chi connectivity index (χ1) is 5.93. The fourth-order valence-electron chi connectivity index (χ4n) is 0.855. The molecule has 0 aromatic heterocycles. The second kappa shape index (κ2) is 5.81. The average Bonchev–Trinajstić information content (AvgIpc) is 2.14. The molecule has 0 aliphatic carbocycles. The maximum atomic E-state index is 5.32. The van der Waals surface area contributed by atoms with Crippen LogP contribution in [0.3, 0.4) is 0 Å². The van der Waals surface area contributed by atoms with E-state index in [1.54, 1.807) is 6.08 Å². The third-order valence-corrected chi connectivity index (χ3v) is 1.59. The first kappa shape index (κ1) is 9.30. The van der Waals surface area contributed by atoms with Crippen LogP contribution in [0.15, 0.2) is 41.9 Å². The van der Waals surface area contributed by atoms with Gasteiger partial charge in [0.05, 0.1) is 13.2 Å². The van der Waals surface area contributed by atoms with Crippen LogP contribution in [-0.2, 0) is 11.3 Å². The predicted octanol–water partition coefficient (Wildman–Crippen LogP) is 2.96. The SMILES string of the molecule is Cl/C=C/COCc1ccccc1. The van der Waals surface area contributed by atoms with Crippen LogP contribution in [0.5, 0.6) is 0 Å². The minimum Gasteiger partial charge on any atom is -0.373 e. The Morgan fingerprint density at radius 3 is 2.67 bits per heavy atom. The minimum atomic E-state index is 0.568. The van der Waals surface area contributed by atoms with Gasteiger partial charge >= 0.3 is 0 Å². The number of halogens is 1. The Morgan fingerprint density at radius 2 is 2.00 bits per heavy atom. The normalized spacial score (nSPS) is 10.8. The number of hydrogen-bond donors (Lipinski definition) is 0. The van der Waals surface area contributed by atoms with Gasteiger partial charge in [-0.3, -0.25) is 0 Å². The molecule has 0 N–H and O–H groups in total. The lowest BCUT2D eigenvalue weighted by Gasteiger charge is -1.99. The summed E-state index contributed by atoms with van der Waals surface area (Å²) in [6.45, 7) is 1.21. The molecule has 0 spiro atoms. The lowest BCUT2D eigenvalue weighted by atomic mass is 10.2. The summed E-state index contributed by atoms with van der Waals surface area (Å²) in [7, 11) is 0. The smallest absolute Gasteiger partial charge is 0.0721 e. The van der Waals surface area contributed by atoms with Gasteiger partial charge in [0, 0.05) is 5.54 Å². The topological polar surface area (TPSA) is 9.23 Å². The molecule has 2 heteroatoms. The van der Waals surface area contributed by atoms with Crippen LogP contribution in [-0.4, -0.2) is 6.61 Å². The van der Waals surface area contributed by atoms with Crippen molar-refractivity contribution in [1.29, 1.82) is 0 Å². The van der Waals surface area contributed by atoms with Gasteiger partial charge in [0.2, 0.25) is 0 Å². The van der Waals surface area contributed by atoms with Crippen molar-refractivity contribution in [3.63, 3.8) is 0 Å². The van der Waals surface area contributed by atoms with Crippen molar-refractivity contribution in [3.05, 3.63) is 47.5 Å². The third kappa shape index (κ3) is 3.56. The van der Waals surface area contributed by atoms with Crippen LogP contribution in [0, 0.1) is 0 Å². The van der Waals surface area contributed by atoms with E-state index in [0.29, 0.717) is 13.2 Å². The van der Waals surface area contributed by atoms with Gasteiger partial charge in [0.25, 0.3) is 0 Å². The van der Waals surface area contributed by atoms with Crippen molar-refractivity contribution in [2.24, 2.45) is 0 Å². The van der Waals surface area contributed by atoms with Gasteiger partial charge in [-0.1, -0.05) is 41.9 Å². The van der Waals surface area contributed by atoms with E-state index in [4.69, 9.17) is 16.3 Å². The van der Waals surface area contributed by atoms with Crippen molar-refractivity contribution in [2.45, 2.75) is 6.61 Å². The van der Waals surface area contributed by atoms with Crippen molar-refractivity contribution in [3.8, 4) is 0 Å². The highest BCUT2D eigenvalue weighted by Gasteiger charge is 1.88. The van der Waals surface area contributed by atoms with Gasteiger partial charge in [0.15, 0.2) is 0 Å². The highest BCUT2D eigenvalue weighted by Crippen LogP contribution is 1.99. The monoisotopic (exact) mass is 182 g/mol.